The molecule has 29 heavy (non-hydrogen) atoms. The van der Waals surface area contributed by atoms with Gasteiger partial charge in [0, 0.05) is 17.0 Å². The molecule has 5 heteroatoms. The van der Waals surface area contributed by atoms with Crippen molar-refractivity contribution in [3.8, 4) is 5.75 Å². The van der Waals surface area contributed by atoms with E-state index in [0.29, 0.717) is 18.7 Å². The van der Waals surface area contributed by atoms with Crippen molar-refractivity contribution in [2.45, 2.75) is 53.8 Å². The molecule has 0 spiro atoms. The van der Waals surface area contributed by atoms with E-state index in [-0.39, 0.29) is 11.9 Å². The Morgan fingerprint density at radius 3 is 2.52 bits per heavy atom. The maximum atomic E-state index is 13.0. The van der Waals surface area contributed by atoms with Gasteiger partial charge in [0.15, 0.2) is 0 Å². The number of hydrogen-bond donors (Lipinski definition) is 0. The molecule has 0 saturated carbocycles. The first-order valence-corrected chi connectivity index (χ1v) is 10.7. The normalized spacial score (nSPS) is 11.0. The predicted octanol–water partition coefficient (Wildman–Crippen LogP) is 5.70. The molecule has 3 rings (SSSR count). The van der Waals surface area contributed by atoms with E-state index < -0.39 is 0 Å². The van der Waals surface area contributed by atoms with Gasteiger partial charge in [0.2, 0.25) is 0 Å². The van der Waals surface area contributed by atoms with Crippen LogP contribution in [0.15, 0.2) is 47.8 Å². The fourth-order valence-corrected chi connectivity index (χ4v) is 3.73. The highest BCUT2D eigenvalue weighted by atomic mass is 32.1. The number of thiazole rings is 1. The zero-order valence-corrected chi connectivity index (χ0v) is 18.5. The molecule has 1 heterocycles. The number of ether oxygens (including phenoxy) is 1. The van der Waals surface area contributed by atoms with Crippen LogP contribution in [0.4, 0.5) is 0 Å². The summed E-state index contributed by atoms with van der Waals surface area (Å²) in [5, 5.41) is 2.92. The van der Waals surface area contributed by atoms with Crippen LogP contribution in [0, 0.1) is 20.8 Å². The highest BCUT2D eigenvalue weighted by Gasteiger charge is 2.20. The Morgan fingerprint density at radius 1 is 1.10 bits per heavy atom. The van der Waals surface area contributed by atoms with Gasteiger partial charge in [-0.2, -0.15) is 0 Å². The third-order valence-corrected chi connectivity index (χ3v) is 5.89. The summed E-state index contributed by atoms with van der Waals surface area (Å²) in [7, 11) is 0. The molecule has 0 aliphatic carbocycles. The Kier molecular flexibility index (Phi) is 6.70. The monoisotopic (exact) mass is 408 g/mol. The van der Waals surface area contributed by atoms with Crippen molar-refractivity contribution in [2.75, 3.05) is 0 Å². The SMILES string of the molecule is Cc1ccc(C(=O)N(Cc2csc(COc3cccc(C)c3C)n2)C(C)C)cc1. The van der Waals surface area contributed by atoms with Crippen molar-refractivity contribution in [2.24, 2.45) is 0 Å². The molecule has 0 atom stereocenters. The minimum Gasteiger partial charge on any atom is -0.486 e. The number of hydrogen-bond acceptors (Lipinski definition) is 4. The Labute approximate surface area is 177 Å². The Bertz CT molecular complexity index is 977. The zero-order chi connectivity index (χ0) is 21.0. The molecule has 0 radical (unpaired) electrons. The molecule has 3 aromatic rings. The van der Waals surface area contributed by atoms with Crippen molar-refractivity contribution >= 4 is 17.2 Å². The highest BCUT2D eigenvalue weighted by molar-refractivity contribution is 7.09. The molecule has 4 nitrogen and oxygen atoms in total. The average Bonchev–Trinajstić information content (AvgIpc) is 3.15. The van der Waals surface area contributed by atoms with E-state index in [4.69, 9.17) is 4.74 Å². The molecular weight excluding hydrogens is 380 g/mol. The van der Waals surface area contributed by atoms with Crippen LogP contribution in [-0.4, -0.2) is 21.8 Å². The third-order valence-electron chi connectivity index (χ3n) is 5.02. The quantitative estimate of drug-likeness (QED) is 0.504. The summed E-state index contributed by atoms with van der Waals surface area (Å²) in [6.45, 7) is 11.1. The van der Waals surface area contributed by atoms with E-state index in [1.165, 1.54) is 5.56 Å². The van der Waals surface area contributed by atoms with Gasteiger partial charge in [0.1, 0.15) is 17.4 Å². The molecule has 0 unspecified atom stereocenters. The summed E-state index contributed by atoms with van der Waals surface area (Å²) in [5.74, 6) is 0.918. The molecule has 152 valence electrons. The summed E-state index contributed by atoms with van der Waals surface area (Å²) < 4.78 is 5.96. The van der Waals surface area contributed by atoms with Crippen LogP contribution < -0.4 is 4.74 Å². The number of carbonyl (C=O) groups is 1. The molecule has 1 aromatic heterocycles. The average molecular weight is 409 g/mol. The summed E-state index contributed by atoms with van der Waals surface area (Å²) >= 11 is 1.57. The van der Waals surface area contributed by atoms with Gasteiger partial charge in [-0.3, -0.25) is 4.79 Å². The van der Waals surface area contributed by atoms with Crippen LogP contribution in [-0.2, 0) is 13.2 Å². The first-order chi connectivity index (χ1) is 13.8. The van der Waals surface area contributed by atoms with E-state index in [2.05, 4.69) is 24.9 Å². The fraction of sp³-hybridized carbons (Fsp3) is 0.333. The van der Waals surface area contributed by atoms with Gasteiger partial charge in [0.25, 0.3) is 5.91 Å². The number of amides is 1. The molecular formula is C24H28N2O2S. The van der Waals surface area contributed by atoms with E-state index >= 15 is 0 Å². The first-order valence-electron chi connectivity index (χ1n) is 9.85. The predicted molar refractivity (Wildman–Crippen MR) is 119 cm³/mol. The molecule has 0 fully saturated rings. The minimum absolute atomic E-state index is 0.0289. The van der Waals surface area contributed by atoms with Crippen molar-refractivity contribution in [3.63, 3.8) is 0 Å². The van der Waals surface area contributed by atoms with E-state index in [0.717, 1.165) is 27.6 Å². The van der Waals surface area contributed by atoms with Gasteiger partial charge in [-0.15, -0.1) is 11.3 Å². The number of benzene rings is 2. The van der Waals surface area contributed by atoms with Gasteiger partial charge in [-0.05, 0) is 63.9 Å². The third kappa shape index (κ3) is 5.24. The number of nitrogens with zero attached hydrogens (tertiary/aromatic N) is 2. The van der Waals surface area contributed by atoms with Crippen molar-refractivity contribution in [3.05, 3.63) is 80.8 Å². The largest absolute Gasteiger partial charge is 0.486 e. The van der Waals surface area contributed by atoms with Crippen molar-refractivity contribution in [1.82, 2.24) is 9.88 Å². The van der Waals surface area contributed by atoms with Gasteiger partial charge in [-0.25, -0.2) is 4.98 Å². The molecule has 0 bridgehead atoms. The minimum atomic E-state index is 0.0289. The standard InChI is InChI=1S/C24H28N2O2S/c1-16(2)26(24(27)20-11-9-17(3)10-12-20)13-21-15-29-23(25-21)14-28-22-8-6-7-18(4)19(22)5/h6-12,15-16H,13-14H2,1-5H3. The maximum absolute atomic E-state index is 13.0. The fourth-order valence-electron chi connectivity index (χ4n) is 3.03. The second-order valence-electron chi connectivity index (χ2n) is 7.61. The smallest absolute Gasteiger partial charge is 0.254 e. The lowest BCUT2D eigenvalue weighted by atomic mass is 10.1. The first kappa shape index (κ1) is 21.1. The molecule has 1 amide bonds. The number of carbonyl (C=O) groups excluding carboxylic acids is 1. The van der Waals surface area contributed by atoms with Crippen LogP contribution in [0.3, 0.4) is 0 Å². The van der Waals surface area contributed by atoms with Gasteiger partial charge in [-0.1, -0.05) is 29.8 Å². The molecule has 2 aromatic carbocycles. The summed E-state index contributed by atoms with van der Waals surface area (Å²) in [6, 6.07) is 13.9. The maximum Gasteiger partial charge on any atom is 0.254 e. The van der Waals surface area contributed by atoms with Crippen LogP contribution in [0.25, 0.3) is 0 Å². The number of rotatable bonds is 7. The Hall–Kier alpha value is -2.66. The highest BCUT2D eigenvalue weighted by Crippen LogP contribution is 2.23. The van der Waals surface area contributed by atoms with E-state index in [1.807, 2.05) is 67.4 Å². The lowest BCUT2D eigenvalue weighted by molar-refractivity contribution is 0.0688. The van der Waals surface area contributed by atoms with Crippen LogP contribution >= 0.6 is 11.3 Å². The Morgan fingerprint density at radius 2 is 1.83 bits per heavy atom. The second-order valence-corrected chi connectivity index (χ2v) is 8.55. The van der Waals surface area contributed by atoms with Crippen LogP contribution in [0.5, 0.6) is 5.75 Å². The zero-order valence-electron chi connectivity index (χ0n) is 17.7. The van der Waals surface area contributed by atoms with Crippen molar-refractivity contribution in [1.29, 1.82) is 0 Å². The lowest BCUT2D eigenvalue weighted by Gasteiger charge is -2.26. The molecule has 0 saturated heterocycles. The Balaban J connectivity index is 1.67. The molecule has 0 N–H and O–H groups in total. The van der Waals surface area contributed by atoms with Gasteiger partial charge < -0.3 is 9.64 Å². The lowest BCUT2D eigenvalue weighted by Crippen LogP contribution is -2.36. The summed E-state index contributed by atoms with van der Waals surface area (Å²) in [5.41, 5.74) is 5.11. The van der Waals surface area contributed by atoms with Crippen molar-refractivity contribution < 1.29 is 9.53 Å². The number of aryl methyl sites for hydroxylation is 2. The topological polar surface area (TPSA) is 42.4 Å². The number of aromatic nitrogens is 1. The van der Waals surface area contributed by atoms with Crippen LogP contribution in [0.1, 0.15) is 51.6 Å². The second kappa shape index (κ2) is 9.23. The summed E-state index contributed by atoms with van der Waals surface area (Å²) in [6.07, 6.45) is 0. The summed E-state index contributed by atoms with van der Waals surface area (Å²) in [4.78, 5) is 19.5. The van der Waals surface area contributed by atoms with E-state index in [9.17, 15) is 4.79 Å². The van der Waals surface area contributed by atoms with Crippen LogP contribution in [0.2, 0.25) is 0 Å². The van der Waals surface area contributed by atoms with E-state index in [1.54, 1.807) is 11.3 Å². The van der Waals surface area contributed by atoms with Gasteiger partial charge >= 0.3 is 0 Å². The molecule has 0 aliphatic rings. The van der Waals surface area contributed by atoms with Gasteiger partial charge in [0.05, 0.1) is 12.2 Å². The molecule has 0 aliphatic heterocycles.